The number of phenols is 1. The van der Waals surface area contributed by atoms with Crippen molar-refractivity contribution in [2.24, 2.45) is 0 Å². The van der Waals surface area contributed by atoms with Gasteiger partial charge in [-0.1, -0.05) is 30.3 Å². The molecule has 0 aromatic heterocycles. The molecule has 3 rings (SSSR count). The van der Waals surface area contributed by atoms with Gasteiger partial charge in [0.1, 0.15) is 5.75 Å². The monoisotopic (exact) mass is 340 g/mol. The van der Waals surface area contributed by atoms with Crippen molar-refractivity contribution in [2.75, 3.05) is 7.11 Å². The second kappa shape index (κ2) is 6.41. The van der Waals surface area contributed by atoms with Crippen molar-refractivity contribution in [1.29, 1.82) is 0 Å². The summed E-state index contributed by atoms with van der Waals surface area (Å²) in [6.07, 6.45) is -0.311. The quantitative estimate of drug-likeness (QED) is 0.642. The smallest absolute Gasteiger partial charge is 0.376 e. The van der Waals surface area contributed by atoms with Crippen LogP contribution in [-0.4, -0.2) is 34.9 Å². The highest BCUT2D eigenvalue weighted by Gasteiger charge is 2.50. The number of aromatic hydroxyl groups is 1. The summed E-state index contributed by atoms with van der Waals surface area (Å²) in [7, 11) is 1.30. The summed E-state index contributed by atoms with van der Waals surface area (Å²) in [6.45, 7) is 0. The summed E-state index contributed by atoms with van der Waals surface area (Å²) >= 11 is 0. The Bertz CT molecular complexity index is 838. The third-order valence-electron chi connectivity index (χ3n) is 4.04. The van der Waals surface area contributed by atoms with Gasteiger partial charge in [0.2, 0.25) is 5.76 Å². The zero-order valence-corrected chi connectivity index (χ0v) is 13.4. The lowest BCUT2D eigenvalue weighted by atomic mass is 9.92. The molecule has 1 aliphatic rings. The molecule has 128 valence electrons. The Morgan fingerprint density at radius 3 is 2.32 bits per heavy atom. The standard InChI is InChI=1S/C19H16O6/c1-24-19(11-15(21)12-7-9-14(20)10-8-12)16(17(22)18(23)25-19)13-5-3-2-4-6-13/h2-10,20,22H,11H2,1H3. The Labute approximate surface area is 143 Å². The number of phenolic OH excluding ortho intramolecular Hbond substituents is 1. The fraction of sp³-hybridized carbons (Fsp3) is 0.158. The number of aliphatic hydroxyl groups is 1. The van der Waals surface area contributed by atoms with Crippen molar-refractivity contribution in [3.8, 4) is 5.75 Å². The summed E-state index contributed by atoms with van der Waals surface area (Å²) in [6, 6.07) is 14.3. The minimum absolute atomic E-state index is 0.0350. The van der Waals surface area contributed by atoms with Crippen LogP contribution < -0.4 is 0 Å². The Morgan fingerprint density at radius 1 is 1.08 bits per heavy atom. The molecular weight excluding hydrogens is 324 g/mol. The lowest BCUT2D eigenvalue weighted by Crippen LogP contribution is -2.36. The molecular formula is C19H16O6. The molecule has 2 N–H and O–H groups in total. The van der Waals surface area contributed by atoms with Gasteiger partial charge < -0.3 is 19.7 Å². The summed E-state index contributed by atoms with van der Waals surface area (Å²) in [5.74, 6) is -3.56. The van der Waals surface area contributed by atoms with E-state index < -0.39 is 17.5 Å². The number of esters is 1. The van der Waals surface area contributed by atoms with E-state index >= 15 is 0 Å². The highest BCUT2D eigenvalue weighted by molar-refractivity contribution is 6.05. The molecule has 6 nitrogen and oxygen atoms in total. The van der Waals surface area contributed by atoms with Gasteiger partial charge in [-0.2, -0.15) is 0 Å². The number of hydrogen-bond donors (Lipinski definition) is 2. The largest absolute Gasteiger partial charge is 0.508 e. The van der Waals surface area contributed by atoms with Crippen LogP contribution >= 0.6 is 0 Å². The molecule has 0 saturated heterocycles. The normalized spacial score (nSPS) is 19.8. The summed E-state index contributed by atoms with van der Waals surface area (Å²) in [4.78, 5) is 24.5. The molecule has 25 heavy (non-hydrogen) atoms. The maximum Gasteiger partial charge on any atom is 0.376 e. The Hall–Kier alpha value is -3.12. The van der Waals surface area contributed by atoms with Gasteiger partial charge in [-0.05, 0) is 29.8 Å². The molecule has 0 fully saturated rings. The Kier molecular flexibility index (Phi) is 4.29. The summed E-state index contributed by atoms with van der Waals surface area (Å²) in [5.41, 5.74) is 0.961. The zero-order valence-electron chi connectivity index (χ0n) is 13.4. The first kappa shape index (κ1) is 16.7. The first-order valence-electron chi connectivity index (χ1n) is 7.57. The topological polar surface area (TPSA) is 93.1 Å². The summed E-state index contributed by atoms with van der Waals surface area (Å²) < 4.78 is 10.6. The van der Waals surface area contributed by atoms with Gasteiger partial charge in [0.15, 0.2) is 5.78 Å². The third-order valence-corrected chi connectivity index (χ3v) is 4.04. The van der Waals surface area contributed by atoms with Crippen molar-refractivity contribution in [3.05, 3.63) is 71.5 Å². The van der Waals surface area contributed by atoms with Gasteiger partial charge in [-0.3, -0.25) is 4.79 Å². The third kappa shape index (κ3) is 2.99. The maximum absolute atomic E-state index is 12.6. The molecule has 1 heterocycles. The molecule has 0 amide bonds. The Balaban J connectivity index is 2.00. The van der Waals surface area contributed by atoms with E-state index in [1.165, 1.54) is 31.4 Å². The predicted molar refractivity (Wildman–Crippen MR) is 88.9 cm³/mol. The van der Waals surface area contributed by atoms with E-state index in [0.717, 1.165) is 0 Å². The maximum atomic E-state index is 12.6. The molecule has 1 aliphatic heterocycles. The van der Waals surface area contributed by atoms with E-state index in [1.54, 1.807) is 30.3 Å². The van der Waals surface area contributed by atoms with Crippen molar-refractivity contribution < 1.29 is 29.3 Å². The fourth-order valence-corrected chi connectivity index (χ4v) is 2.79. The minimum Gasteiger partial charge on any atom is -0.508 e. The average Bonchev–Trinajstić information content (AvgIpc) is 2.87. The van der Waals surface area contributed by atoms with Gasteiger partial charge in [-0.15, -0.1) is 0 Å². The van der Waals surface area contributed by atoms with Gasteiger partial charge >= 0.3 is 5.97 Å². The second-order valence-corrected chi connectivity index (χ2v) is 5.58. The van der Waals surface area contributed by atoms with Crippen LogP contribution in [0.2, 0.25) is 0 Å². The highest BCUT2D eigenvalue weighted by atomic mass is 16.7. The predicted octanol–water partition coefficient (Wildman–Crippen LogP) is 2.83. The van der Waals surface area contributed by atoms with E-state index in [9.17, 15) is 19.8 Å². The number of benzene rings is 2. The Morgan fingerprint density at radius 2 is 1.72 bits per heavy atom. The highest BCUT2D eigenvalue weighted by Crippen LogP contribution is 2.42. The van der Waals surface area contributed by atoms with E-state index in [0.29, 0.717) is 11.1 Å². The van der Waals surface area contributed by atoms with Gasteiger partial charge in [0.05, 0.1) is 12.0 Å². The number of hydrogen-bond acceptors (Lipinski definition) is 6. The molecule has 0 aliphatic carbocycles. The average molecular weight is 340 g/mol. The first-order chi connectivity index (χ1) is 12.0. The van der Waals surface area contributed by atoms with Crippen molar-refractivity contribution in [1.82, 2.24) is 0 Å². The molecule has 0 saturated carbocycles. The number of carbonyl (C=O) groups excluding carboxylic acids is 2. The first-order valence-corrected chi connectivity index (χ1v) is 7.57. The number of rotatable bonds is 5. The zero-order chi connectivity index (χ0) is 18.0. The van der Waals surface area contributed by atoms with Crippen LogP contribution in [-0.2, 0) is 14.3 Å². The number of carbonyl (C=O) groups is 2. The van der Waals surface area contributed by atoms with E-state index in [2.05, 4.69) is 0 Å². The summed E-state index contributed by atoms with van der Waals surface area (Å²) in [5, 5.41) is 19.5. The molecule has 0 bridgehead atoms. The molecule has 6 heteroatoms. The molecule has 1 unspecified atom stereocenters. The van der Waals surface area contributed by atoms with Crippen LogP contribution in [0.25, 0.3) is 5.57 Å². The molecule has 1 atom stereocenters. The van der Waals surface area contributed by atoms with E-state index in [4.69, 9.17) is 9.47 Å². The molecule has 2 aromatic carbocycles. The van der Waals surface area contributed by atoms with Crippen LogP contribution in [0.4, 0.5) is 0 Å². The molecule has 0 spiro atoms. The number of cyclic esters (lactones) is 1. The van der Waals surface area contributed by atoms with Crippen LogP contribution in [0.15, 0.2) is 60.4 Å². The SMILES string of the molecule is COC1(CC(=O)c2ccc(O)cc2)OC(=O)C(O)=C1c1ccccc1. The van der Waals surface area contributed by atoms with E-state index in [1.807, 2.05) is 0 Å². The van der Waals surface area contributed by atoms with Gasteiger partial charge in [0, 0.05) is 12.7 Å². The molecule has 2 aromatic rings. The van der Waals surface area contributed by atoms with Crippen LogP contribution in [0.1, 0.15) is 22.3 Å². The van der Waals surface area contributed by atoms with E-state index in [-0.39, 0.29) is 23.5 Å². The number of ketones is 1. The lowest BCUT2D eigenvalue weighted by molar-refractivity contribution is -0.185. The van der Waals surface area contributed by atoms with Crippen molar-refractivity contribution in [2.45, 2.75) is 12.2 Å². The van der Waals surface area contributed by atoms with Gasteiger partial charge in [0.25, 0.3) is 5.79 Å². The minimum atomic E-state index is -1.71. The van der Waals surface area contributed by atoms with Crippen LogP contribution in [0.5, 0.6) is 5.75 Å². The molecule has 0 radical (unpaired) electrons. The van der Waals surface area contributed by atoms with Crippen LogP contribution in [0.3, 0.4) is 0 Å². The van der Waals surface area contributed by atoms with Gasteiger partial charge in [-0.25, -0.2) is 4.79 Å². The number of Topliss-reactive ketones (excluding diaryl/α,β-unsaturated/α-hetero) is 1. The number of ether oxygens (including phenoxy) is 2. The second-order valence-electron chi connectivity index (χ2n) is 5.58. The van der Waals surface area contributed by atoms with Crippen molar-refractivity contribution >= 4 is 17.3 Å². The lowest BCUT2D eigenvalue weighted by Gasteiger charge is -2.28. The van der Waals surface area contributed by atoms with Crippen LogP contribution in [0, 0.1) is 0 Å². The number of aliphatic hydroxyl groups excluding tert-OH is 1. The fourth-order valence-electron chi connectivity index (χ4n) is 2.79. The van der Waals surface area contributed by atoms with Crippen molar-refractivity contribution in [3.63, 3.8) is 0 Å². The number of methoxy groups -OCH3 is 1.